The third-order valence-corrected chi connectivity index (χ3v) is 2.55. The van der Waals surface area contributed by atoms with Crippen molar-refractivity contribution in [3.63, 3.8) is 0 Å². The van der Waals surface area contributed by atoms with Crippen molar-refractivity contribution < 1.29 is 22.4 Å². The lowest BCUT2D eigenvalue weighted by Gasteiger charge is -2.31. The van der Waals surface area contributed by atoms with Crippen LogP contribution in [0.2, 0.25) is 0 Å². The Morgan fingerprint density at radius 3 is 2.53 bits per heavy atom. The summed E-state index contributed by atoms with van der Waals surface area (Å²) in [6.07, 6.45) is -3.47. The molecular weight excluding hydrogens is 240 g/mol. The van der Waals surface area contributed by atoms with Gasteiger partial charge < -0.3 is 10.6 Å². The maximum atomic E-state index is 13.3. The van der Waals surface area contributed by atoms with Gasteiger partial charge in [0.2, 0.25) is 0 Å². The zero-order valence-corrected chi connectivity index (χ0v) is 9.28. The molecule has 0 fully saturated rings. The van der Waals surface area contributed by atoms with E-state index in [2.05, 4.69) is 5.32 Å². The Labute approximate surface area is 95.6 Å². The highest BCUT2D eigenvalue weighted by atomic mass is 19.4. The Kier molecular flexibility index (Phi) is 3.49. The SMILES string of the molecule is CNC(=O)NC1=CC(C)(C(F)(F)F)CC=C1F. The van der Waals surface area contributed by atoms with Crippen LogP contribution < -0.4 is 10.6 Å². The summed E-state index contributed by atoms with van der Waals surface area (Å²) in [6.45, 7) is 0.946. The Morgan fingerprint density at radius 2 is 2.06 bits per heavy atom. The van der Waals surface area contributed by atoms with Crippen LogP contribution in [0.25, 0.3) is 0 Å². The molecular formula is C10H12F4N2O. The van der Waals surface area contributed by atoms with E-state index in [1.165, 1.54) is 7.05 Å². The predicted molar refractivity (Wildman–Crippen MR) is 53.6 cm³/mol. The highest BCUT2D eigenvalue weighted by Gasteiger charge is 2.50. The maximum Gasteiger partial charge on any atom is 0.397 e. The maximum absolute atomic E-state index is 13.3. The van der Waals surface area contributed by atoms with Crippen molar-refractivity contribution in [1.82, 2.24) is 10.6 Å². The molecule has 0 aliphatic heterocycles. The van der Waals surface area contributed by atoms with Gasteiger partial charge in [0.1, 0.15) is 5.83 Å². The minimum absolute atomic E-state index is 0.463. The van der Waals surface area contributed by atoms with Crippen LogP contribution in [0.1, 0.15) is 13.3 Å². The number of hydrogen-bond donors (Lipinski definition) is 2. The van der Waals surface area contributed by atoms with Gasteiger partial charge in [-0.25, -0.2) is 9.18 Å². The Hall–Kier alpha value is -1.53. The van der Waals surface area contributed by atoms with E-state index < -0.39 is 35.6 Å². The lowest BCUT2D eigenvalue weighted by molar-refractivity contribution is -0.199. The molecule has 2 N–H and O–H groups in total. The summed E-state index contributed by atoms with van der Waals surface area (Å²) in [7, 11) is 1.28. The summed E-state index contributed by atoms with van der Waals surface area (Å²) in [5, 5.41) is 4.15. The van der Waals surface area contributed by atoms with Gasteiger partial charge in [-0.2, -0.15) is 13.2 Å². The zero-order chi connectivity index (χ0) is 13.3. The Bertz CT molecular complexity index is 386. The van der Waals surface area contributed by atoms with Gasteiger partial charge in [0.15, 0.2) is 0 Å². The molecule has 0 aromatic carbocycles. The van der Waals surface area contributed by atoms with Gasteiger partial charge in [-0.05, 0) is 25.5 Å². The van der Waals surface area contributed by atoms with E-state index in [0.29, 0.717) is 6.08 Å². The molecule has 96 valence electrons. The number of amides is 2. The average molecular weight is 252 g/mol. The van der Waals surface area contributed by atoms with Crippen LogP contribution in [0, 0.1) is 5.41 Å². The topological polar surface area (TPSA) is 41.1 Å². The number of halogens is 4. The van der Waals surface area contributed by atoms with E-state index in [0.717, 1.165) is 13.0 Å². The molecule has 0 spiro atoms. The van der Waals surface area contributed by atoms with Gasteiger partial charge in [0, 0.05) is 7.05 Å². The van der Waals surface area contributed by atoms with E-state index in [9.17, 15) is 22.4 Å². The fourth-order valence-electron chi connectivity index (χ4n) is 1.34. The lowest BCUT2D eigenvalue weighted by atomic mass is 9.82. The molecule has 0 heterocycles. The van der Waals surface area contributed by atoms with E-state index in [-0.39, 0.29) is 0 Å². The van der Waals surface area contributed by atoms with Crippen LogP contribution in [0.4, 0.5) is 22.4 Å². The summed E-state index contributed by atoms with van der Waals surface area (Å²) in [5.41, 5.74) is -2.63. The van der Waals surface area contributed by atoms with Crippen molar-refractivity contribution in [2.24, 2.45) is 5.41 Å². The summed E-state index contributed by atoms with van der Waals surface area (Å²) >= 11 is 0. The molecule has 1 unspecified atom stereocenters. The van der Waals surface area contributed by atoms with Crippen molar-refractivity contribution in [3.8, 4) is 0 Å². The Balaban J connectivity index is 3.01. The molecule has 0 radical (unpaired) electrons. The number of carbonyl (C=O) groups excluding carboxylic acids is 1. The minimum Gasteiger partial charge on any atom is -0.341 e. The first-order chi connectivity index (χ1) is 7.69. The van der Waals surface area contributed by atoms with E-state index in [4.69, 9.17) is 0 Å². The molecule has 0 aromatic heterocycles. The van der Waals surface area contributed by atoms with Crippen molar-refractivity contribution >= 4 is 6.03 Å². The molecule has 0 aromatic rings. The third-order valence-electron chi connectivity index (χ3n) is 2.55. The summed E-state index contributed by atoms with van der Waals surface area (Å²) in [6, 6.07) is -0.772. The molecule has 1 atom stereocenters. The number of alkyl halides is 3. The van der Waals surface area contributed by atoms with E-state index in [1.807, 2.05) is 5.32 Å². The summed E-state index contributed by atoms with van der Waals surface area (Å²) in [5.74, 6) is -0.865. The molecule has 0 bridgehead atoms. The molecule has 3 nitrogen and oxygen atoms in total. The largest absolute Gasteiger partial charge is 0.397 e. The third kappa shape index (κ3) is 2.78. The minimum atomic E-state index is -4.50. The van der Waals surface area contributed by atoms with Crippen molar-refractivity contribution in [2.75, 3.05) is 7.05 Å². The second-order valence-electron chi connectivity index (χ2n) is 3.93. The second kappa shape index (κ2) is 4.38. The highest BCUT2D eigenvalue weighted by molar-refractivity contribution is 5.76. The normalized spacial score (nSPS) is 24.8. The molecule has 1 aliphatic carbocycles. The fraction of sp³-hybridized carbons (Fsp3) is 0.500. The van der Waals surface area contributed by atoms with Crippen LogP contribution in [0.3, 0.4) is 0 Å². The second-order valence-corrected chi connectivity index (χ2v) is 3.93. The van der Waals surface area contributed by atoms with Gasteiger partial charge in [0.05, 0.1) is 11.1 Å². The Morgan fingerprint density at radius 1 is 1.47 bits per heavy atom. The average Bonchev–Trinajstić information content (AvgIpc) is 2.22. The monoisotopic (exact) mass is 252 g/mol. The molecule has 7 heteroatoms. The standard InChI is InChI=1S/C10H12F4N2O/c1-9(10(12,13)14)4-3-6(11)7(5-9)16-8(17)15-2/h3,5H,4H2,1-2H3,(H2,15,16,17). The lowest BCUT2D eigenvalue weighted by Crippen LogP contribution is -2.38. The predicted octanol–water partition coefficient (Wildman–Crippen LogP) is 2.63. The molecule has 17 heavy (non-hydrogen) atoms. The zero-order valence-electron chi connectivity index (χ0n) is 9.28. The number of urea groups is 1. The smallest absolute Gasteiger partial charge is 0.341 e. The first kappa shape index (κ1) is 13.5. The van der Waals surface area contributed by atoms with Crippen LogP contribution in [0.15, 0.2) is 23.7 Å². The number of allylic oxidation sites excluding steroid dienone is 3. The quantitative estimate of drug-likeness (QED) is 0.692. The van der Waals surface area contributed by atoms with Gasteiger partial charge in [0.25, 0.3) is 0 Å². The van der Waals surface area contributed by atoms with Crippen LogP contribution in [-0.2, 0) is 0 Å². The molecule has 1 rings (SSSR count). The van der Waals surface area contributed by atoms with Gasteiger partial charge in [-0.15, -0.1) is 0 Å². The summed E-state index contributed by atoms with van der Waals surface area (Å²) in [4.78, 5) is 10.9. The number of carbonyl (C=O) groups is 1. The summed E-state index contributed by atoms with van der Waals surface area (Å²) < 4.78 is 51.4. The van der Waals surface area contributed by atoms with E-state index >= 15 is 0 Å². The van der Waals surface area contributed by atoms with Crippen LogP contribution in [-0.4, -0.2) is 19.3 Å². The molecule has 0 saturated carbocycles. The molecule has 1 aliphatic rings. The van der Waals surface area contributed by atoms with Crippen molar-refractivity contribution in [2.45, 2.75) is 19.5 Å². The fourth-order valence-corrected chi connectivity index (χ4v) is 1.34. The van der Waals surface area contributed by atoms with Gasteiger partial charge >= 0.3 is 12.2 Å². The van der Waals surface area contributed by atoms with Crippen LogP contribution in [0.5, 0.6) is 0 Å². The number of hydrogen-bond acceptors (Lipinski definition) is 1. The van der Waals surface area contributed by atoms with Gasteiger partial charge in [-0.3, -0.25) is 0 Å². The molecule has 2 amide bonds. The number of rotatable bonds is 1. The molecule has 0 saturated heterocycles. The van der Waals surface area contributed by atoms with Gasteiger partial charge in [-0.1, -0.05) is 0 Å². The van der Waals surface area contributed by atoms with E-state index in [1.54, 1.807) is 0 Å². The number of nitrogens with one attached hydrogen (secondary N) is 2. The van der Waals surface area contributed by atoms with Crippen LogP contribution >= 0.6 is 0 Å². The first-order valence-corrected chi connectivity index (χ1v) is 4.84. The van der Waals surface area contributed by atoms with Crippen molar-refractivity contribution in [3.05, 3.63) is 23.7 Å². The van der Waals surface area contributed by atoms with Crippen molar-refractivity contribution in [1.29, 1.82) is 0 Å². The first-order valence-electron chi connectivity index (χ1n) is 4.84. The highest BCUT2D eigenvalue weighted by Crippen LogP contribution is 2.45.